The monoisotopic (exact) mass is 277 g/mol. The molecule has 20 heavy (non-hydrogen) atoms. The fourth-order valence-corrected chi connectivity index (χ4v) is 4.26. The second-order valence-electron chi connectivity index (χ2n) is 6.89. The lowest BCUT2D eigenvalue weighted by atomic mass is 9.85. The van der Waals surface area contributed by atoms with Crippen LogP contribution in [-0.2, 0) is 0 Å². The summed E-state index contributed by atoms with van der Waals surface area (Å²) in [7, 11) is 0. The van der Waals surface area contributed by atoms with Crippen LogP contribution >= 0.6 is 0 Å². The van der Waals surface area contributed by atoms with E-state index in [0.717, 1.165) is 18.9 Å². The van der Waals surface area contributed by atoms with E-state index in [1.165, 1.54) is 45.2 Å². The molecule has 1 aliphatic heterocycles. The van der Waals surface area contributed by atoms with Crippen LogP contribution in [0.15, 0.2) is 0 Å². The van der Waals surface area contributed by atoms with Gasteiger partial charge in [-0.25, -0.2) is 0 Å². The zero-order valence-electron chi connectivity index (χ0n) is 13.5. The number of piperidine rings is 1. The molecule has 0 spiro atoms. The Bertz CT molecular complexity index is 349. The molecule has 1 N–H and O–H groups in total. The predicted molar refractivity (Wildman–Crippen MR) is 83.4 cm³/mol. The highest BCUT2D eigenvalue weighted by Crippen LogP contribution is 2.38. The lowest BCUT2D eigenvalue weighted by Gasteiger charge is -2.39. The highest BCUT2D eigenvalue weighted by Gasteiger charge is 2.42. The third-order valence-corrected chi connectivity index (χ3v) is 5.78. The molecular weight excluding hydrogens is 246 g/mol. The number of nitrogens with one attached hydrogen (secondary N) is 1. The Labute approximate surface area is 124 Å². The number of nitrogens with zero attached hydrogens (tertiary/aromatic N) is 2. The van der Waals surface area contributed by atoms with E-state index in [1.54, 1.807) is 0 Å². The third-order valence-electron chi connectivity index (χ3n) is 5.78. The minimum absolute atomic E-state index is 0.237. The normalized spacial score (nSPS) is 38.8. The van der Waals surface area contributed by atoms with Crippen molar-refractivity contribution in [3.8, 4) is 6.07 Å². The average Bonchev–Trinajstić information content (AvgIpc) is 2.84. The maximum Gasteiger partial charge on any atom is 0.109 e. The van der Waals surface area contributed by atoms with Gasteiger partial charge in [-0.05, 0) is 70.5 Å². The zero-order valence-corrected chi connectivity index (χ0v) is 13.5. The molecule has 1 aliphatic carbocycles. The highest BCUT2D eigenvalue weighted by atomic mass is 15.2. The Morgan fingerprint density at radius 3 is 2.80 bits per heavy atom. The van der Waals surface area contributed by atoms with Crippen molar-refractivity contribution >= 4 is 0 Å². The molecular formula is C17H31N3. The van der Waals surface area contributed by atoms with Gasteiger partial charge in [0, 0.05) is 6.04 Å². The highest BCUT2D eigenvalue weighted by molar-refractivity contribution is 5.14. The summed E-state index contributed by atoms with van der Waals surface area (Å²) in [6, 6.07) is 3.32. The van der Waals surface area contributed by atoms with E-state index in [9.17, 15) is 5.26 Å². The van der Waals surface area contributed by atoms with Gasteiger partial charge in [0.25, 0.3) is 0 Å². The summed E-state index contributed by atoms with van der Waals surface area (Å²) in [4.78, 5) is 2.65. The summed E-state index contributed by atoms with van der Waals surface area (Å²) < 4.78 is 0. The number of rotatable bonds is 5. The van der Waals surface area contributed by atoms with E-state index in [1.807, 2.05) is 0 Å². The van der Waals surface area contributed by atoms with Crippen molar-refractivity contribution in [1.29, 1.82) is 5.26 Å². The van der Waals surface area contributed by atoms with Crippen LogP contribution in [0.4, 0.5) is 0 Å². The van der Waals surface area contributed by atoms with Crippen molar-refractivity contribution in [1.82, 2.24) is 10.2 Å². The van der Waals surface area contributed by atoms with Crippen LogP contribution in [-0.4, -0.2) is 36.1 Å². The molecule has 1 saturated carbocycles. The van der Waals surface area contributed by atoms with Gasteiger partial charge in [0.15, 0.2) is 0 Å². The maximum absolute atomic E-state index is 9.62. The molecule has 2 fully saturated rings. The van der Waals surface area contributed by atoms with Crippen molar-refractivity contribution < 1.29 is 0 Å². The molecule has 0 aromatic heterocycles. The van der Waals surface area contributed by atoms with Crippen LogP contribution in [0.2, 0.25) is 0 Å². The van der Waals surface area contributed by atoms with Gasteiger partial charge in [-0.1, -0.05) is 20.3 Å². The molecule has 114 valence electrons. The van der Waals surface area contributed by atoms with E-state index in [4.69, 9.17) is 0 Å². The molecule has 3 heteroatoms. The summed E-state index contributed by atoms with van der Waals surface area (Å²) in [5, 5.41) is 13.1. The molecule has 4 atom stereocenters. The van der Waals surface area contributed by atoms with E-state index in [0.29, 0.717) is 12.0 Å². The van der Waals surface area contributed by atoms with E-state index >= 15 is 0 Å². The van der Waals surface area contributed by atoms with Gasteiger partial charge in [0.1, 0.15) is 5.54 Å². The molecule has 2 aliphatic rings. The van der Waals surface area contributed by atoms with Crippen molar-refractivity contribution in [2.75, 3.05) is 19.6 Å². The van der Waals surface area contributed by atoms with E-state index < -0.39 is 0 Å². The SMILES string of the molecule is CCNC1(C#N)CCCC1CCN1CCCC(C)C1C. The molecule has 4 unspecified atom stereocenters. The van der Waals surface area contributed by atoms with Crippen molar-refractivity contribution in [3.63, 3.8) is 0 Å². The summed E-state index contributed by atoms with van der Waals surface area (Å²) in [6.45, 7) is 10.2. The summed E-state index contributed by atoms with van der Waals surface area (Å²) in [5.41, 5.74) is -0.237. The number of hydrogen-bond donors (Lipinski definition) is 1. The molecule has 0 radical (unpaired) electrons. The zero-order chi connectivity index (χ0) is 14.6. The summed E-state index contributed by atoms with van der Waals surface area (Å²) >= 11 is 0. The fourth-order valence-electron chi connectivity index (χ4n) is 4.26. The van der Waals surface area contributed by atoms with Crippen molar-refractivity contribution in [2.45, 2.75) is 70.9 Å². The molecule has 1 heterocycles. The molecule has 2 rings (SSSR count). The summed E-state index contributed by atoms with van der Waals surface area (Å²) in [6.07, 6.45) is 7.36. The van der Waals surface area contributed by atoms with Crippen LogP contribution in [0.3, 0.4) is 0 Å². The lowest BCUT2D eigenvalue weighted by Crippen LogP contribution is -2.49. The Kier molecular flexibility index (Phi) is 5.46. The molecule has 0 amide bonds. The topological polar surface area (TPSA) is 39.1 Å². The van der Waals surface area contributed by atoms with Gasteiger partial charge >= 0.3 is 0 Å². The Morgan fingerprint density at radius 1 is 1.30 bits per heavy atom. The fraction of sp³-hybridized carbons (Fsp3) is 0.941. The molecule has 3 nitrogen and oxygen atoms in total. The van der Waals surface area contributed by atoms with E-state index in [-0.39, 0.29) is 5.54 Å². The maximum atomic E-state index is 9.62. The first kappa shape index (κ1) is 15.8. The second-order valence-corrected chi connectivity index (χ2v) is 6.89. The van der Waals surface area contributed by atoms with Crippen LogP contribution in [0.5, 0.6) is 0 Å². The Balaban J connectivity index is 1.91. The Morgan fingerprint density at radius 2 is 2.10 bits per heavy atom. The quantitative estimate of drug-likeness (QED) is 0.839. The average molecular weight is 277 g/mol. The van der Waals surface area contributed by atoms with Gasteiger partial charge in [-0.2, -0.15) is 5.26 Å². The number of likely N-dealkylation sites (tertiary alicyclic amines) is 1. The smallest absolute Gasteiger partial charge is 0.109 e. The lowest BCUT2D eigenvalue weighted by molar-refractivity contribution is 0.102. The van der Waals surface area contributed by atoms with Crippen LogP contribution in [0.1, 0.15) is 59.3 Å². The first-order valence-electron chi connectivity index (χ1n) is 8.53. The summed E-state index contributed by atoms with van der Waals surface area (Å²) in [5.74, 6) is 1.36. The van der Waals surface area contributed by atoms with Gasteiger partial charge in [-0.15, -0.1) is 0 Å². The van der Waals surface area contributed by atoms with Crippen molar-refractivity contribution in [2.24, 2.45) is 11.8 Å². The molecule has 0 aromatic rings. The number of nitriles is 1. The molecule has 0 aromatic carbocycles. The van der Waals surface area contributed by atoms with Crippen LogP contribution < -0.4 is 5.32 Å². The third kappa shape index (κ3) is 3.18. The van der Waals surface area contributed by atoms with Gasteiger partial charge in [0.05, 0.1) is 6.07 Å². The van der Waals surface area contributed by atoms with Gasteiger partial charge in [-0.3, -0.25) is 5.32 Å². The Hall–Kier alpha value is -0.590. The first-order valence-corrected chi connectivity index (χ1v) is 8.53. The largest absolute Gasteiger partial charge is 0.300 e. The standard InChI is InChI=1S/C17H31N3/c1-4-19-17(13-18)10-5-8-16(17)9-12-20-11-6-7-14(2)15(20)3/h14-16,19H,4-12H2,1-3H3. The van der Waals surface area contributed by atoms with Gasteiger partial charge < -0.3 is 4.90 Å². The molecule has 0 bridgehead atoms. The predicted octanol–water partition coefficient (Wildman–Crippen LogP) is 3.17. The minimum atomic E-state index is -0.237. The van der Waals surface area contributed by atoms with E-state index in [2.05, 4.69) is 37.1 Å². The second kappa shape index (κ2) is 6.91. The van der Waals surface area contributed by atoms with Crippen LogP contribution in [0.25, 0.3) is 0 Å². The molecule has 1 saturated heterocycles. The minimum Gasteiger partial charge on any atom is -0.300 e. The van der Waals surface area contributed by atoms with Gasteiger partial charge in [0.2, 0.25) is 0 Å². The van der Waals surface area contributed by atoms with Crippen LogP contribution in [0, 0.1) is 23.2 Å². The first-order chi connectivity index (χ1) is 9.63. The number of hydrogen-bond acceptors (Lipinski definition) is 3. The van der Waals surface area contributed by atoms with Crippen molar-refractivity contribution in [3.05, 3.63) is 0 Å².